The fourth-order valence-electron chi connectivity index (χ4n) is 3.47. The lowest BCUT2D eigenvalue weighted by molar-refractivity contribution is 0.154. The minimum absolute atomic E-state index is 0.187. The fourth-order valence-corrected chi connectivity index (χ4v) is 3.47. The highest BCUT2D eigenvalue weighted by Crippen LogP contribution is 2.16. The largest absolute Gasteiger partial charge is 0.391 e. The van der Waals surface area contributed by atoms with E-state index in [9.17, 15) is 9.90 Å². The number of urea groups is 1. The molecule has 1 aliphatic heterocycles. The van der Waals surface area contributed by atoms with E-state index in [1.165, 1.54) is 19.4 Å². The van der Waals surface area contributed by atoms with Crippen LogP contribution in [-0.4, -0.2) is 54.9 Å². The summed E-state index contributed by atoms with van der Waals surface area (Å²) in [6.45, 7) is 8.84. The molecule has 0 aliphatic carbocycles. The lowest BCUT2D eigenvalue weighted by Gasteiger charge is -2.33. The minimum atomic E-state index is -0.565. The van der Waals surface area contributed by atoms with Gasteiger partial charge in [-0.05, 0) is 36.8 Å². The number of rotatable bonds is 8. The molecule has 0 radical (unpaired) electrons. The molecular formula is C20H33N3O2. The SMILES string of the molecule is CC(C)CN1CCCC(CNC(=O)NCC(O)Cc2ccccc2)C1. The summed E-state index contributed by atoms with van der Waals surface area (Å²) in [5.74, 6) is 1.20. The summed E-state index contributed by atoms with van der Waals surface area (Å²) in [6.07, 6.45) is 2.36. The Labute approximate surface area is 151 Å². The zero-order valence-corrected chi connectivity index (χ0v) is 15.6. The van der Waals surface area contributed by atoms with Gasteiger partial charge in [0, 0.05) is 32.6 Å². The molecule has 2 unspecified atom stereocenters. The van der Waals surface area contributed by atoms with Crippen molar-refractivity contribution in [3.63, 3.8) is 0 Å². The van der Waals surface area contributed by atoms with E-state index in [2.05, 4.69) is 29.4 Å². The smallest absolute Gasteiger partial charge is 0.314 e. The highest BCUT2D eigenvalue weighted by Gasteiger charge is 2.20. The van der Waals surface area contributed by atoms with E-state index < -0.39 is 6.10 Å². The number of likely N-dealkylation sites (tertiary alicyclic amines) is 1. The molecule has 1 aromatic carbocycles. The van der Waals surface area contributed by atoms with Gasteiger partial charge in [-0.15, -0.1) is 0 Å². The molecule has 1 aliphatic rings. The van der Waals surface area contributed by atoms with Gasteiger partial charge in [0.05, 0.1) is 6.10 Å². The Kier molecular flexibility index (Phi) is 8.22. The number of amides is 2. The Morgan fingerprint density at radius 3 is 2.76 bits per heavy atom. The average molecular weight is 348 g/mol. The van der Waals surface area contributed by atoms with E-state index in [0.29, 0.717) is 24.8 Å². The van der Waals surface area contributed by atoms with E-state index in [1.807, 2.05) is 30.3 Å². The maximum Gasteiger partial charge on any atom is 0.314 e. The third-order valence-electron chi connectivity index (χ3n) is 4.59. The third-order valence-corrected chi connectivity index (χ3v) is 4.59. The summed E-state index contributed by atoms with van der Waals surface area (Å²) in [5.41, 5.74) is 1.07. The number of carbonyl (C=O) groups excluding carboxylic acids is 1. The number of benzene rings is 1. The van der Waals surface area contributed by atoms with E-state index in [0.717, 1.165) is 18.7 Å². The molecule has 1 fully saturated rings. The van der Waals surface area contributed by atoms with Crippen molar-refractivity contribution in [1.29, 1.82) is 0 Å². The second kappa shape index (κ2) is 10.4. The van der Waals surface area contributed by atoms with Gasteiger partial charge in [-0.25, -0.2) is 4.79 Å². The first-order valence-corrected chi connectivity index (χ1v) is 9.49. The number of hydrogen-bond donors (Lipinski definition) is 3. The summed E-state index contributed by atoms with van der Waals surface area (Å²) in [6, 6.07) is 9.64. The van der Waals surface area contributed by atoms with Crippen LogP contribution in [-0.2, 0) is 6.42 Å². The van der Waals surface area contributed by atoms with Crippen LogP contribution in [0.15, 0.2) is 30.3 Å². The van der Waals surface area contributed by atoms with E-state index in [1.54, 1.807) is 0 Å². The van der Waals surface area contributed by atoms with Gasteiger partial charge >= 0.3 is 6.03 Å². The minimum Gasteiger partial charge on any atom is -0.391 e. The van der Waals surface area contributed by atoms with Crippen LogP contribution >= 0.6 is 0 Å². The Morgan fingerprint density at radius 1 is 1.28 bits per heavy atom. The van der Waals surface area contributed by atoms with Gasteiger partial charge in [0.2, 0.25) is 0 Å². The van der Waals surface area contributed by atoms with E-state index >= 15 is 0 Å². The first kappa shape index (κ1) is 19.7. The van der Waals surface area contributed by atoms with Gasteiger partial charge in [0.25, 0.3) is 0 Å². The second-order valence-electron chi connectivity index (χ2n) is 7.60. The van der Waals surface area contributed by atoms with Crippen molar-refractivity contribution in [2.24, 2.45) is 11.8 Å². The molecule has 0 bridgehead atoms. The van der Waals surface area contributed by atoms with Crippen LogP contribution in [0.1, 0.15) is 32.3 Å². The number of piperidine rings is 1. The topological polar surface area (TPSA) is 64.6 Å². The monoisotopic (exact) mass is 347 g/mol. The van der Waals surface area contributed by atoms with Gasteiger partial charge in [0.15, 0.2) is 0 Å². The molecular weight excluding hydrogens is 314 g/mol. The number of hydrogen-bond acceptors (Lipinski definition) is 3. The molecule has 1 saturated heterocycles. The molecule has 5 heteroatoms. The number of nitrogens with zero attached hydrogens (tertiary/aromatic N) is 1. The van der Waals surface area contributed by atoms with E-state index in [4.69, 9.17) is 0 Å². The second-order valence-corrected chi connectivity index (χ2v) is 7.60. The molecule has 2 atom stereocenters. The highest BCUT2D eigenvalue weighted by molar-refractivity contribution is 5.73. The van der Waals surface area contributed by atoms with Gasteiger partial charge in [-0.1, -0.05) is 44.2 Å². The molecule has 3 N–H and O–H groups in total. The lowest BCUT2D eigenvalue weighted by atomic mass is 9.97. The number of nitrogens with one attached hydrogen (secondary N) is 2. The Balaban J connectivity index is 1.61. The molecule has 0 spiro atoms. The average Bonchev–Trinajstić information content (AvgIpc) is 2.59. The van der Waals surface area contributed by atoms with Gasteiger partial charge < -0.3 is 20.6 Å². The molecule has 1 heterocycles. The van der Waals surface area contributed by atoms with Crippen molar-refractivity contribution < 1.29 is 9.90 Å². The fraction of sp³-hybridized carbons (Fsp3) is 0.650. The van der Waals surface area contributed by atoms with Crippen molar-refractivity contribution in [3.8, 4) is 0 Å². The van der Waals surface area contributed by atoms with Crippen LogP contribution in [0.5, 0.6) is 0 Å². The van der Waals surface area contributed by atoms with Crippen molar-refractivity contribution in [2.75, 3.05) is 32.7 Å². The predicted octanol–water partition coefficient (Wildman–Crippen LogP) is 2.26. The standard InChI is InChI=1S/C20H33N3O2/c1-16(2)14-23-10-6-9-18(15-23)12-21-20(25)22-13-19(24)11-17-7-4-3-5-8-17/h3-5,7-8,16,18-19,24H,6,9-15H2,1-2H3,(H2,21,22,25). The Morgan fingerprint density at radius 2 is 2.04 bits per heavy atom. The first-order chi connectivity index (χ1) is 12.0. The summed E-state index contributed by atoms with van der Waals surface area (Å²) >= 11 is 0. The highest BCUT2D eigenvalue weighted by atomic mass is 16.3. The van der Waals surface area contributed by atoms with Crippen LogP contribution in [0.2, 0.25) is 0 Å². The van der Waals surface area contributed by atoms with Crippen molar-refractivity contribution in [1.82, 2.24) is 15.5 Å². The van der Waals surface area contributed by atoms with Gasteiger partial charge in [0.1, 0.15) is 0 Å². The van der Waals surface area contributed by atoms with Gasteiger partial charge in [-0.3, -0.25) is 0 Å². The van der Waals surface area contributed by atoms with Gasteiger partial charge in [-0.2, -0.15) is 0 Å². The number of aliphatic hydroxyl groups excluding tert-OH is 1. The van der Waals surface area contributed by atoms with E-state index in [-0.39, 0.29) is 12.6 Å². The predicted molar refractivity (Wildman–Crippen MR) is 102 cm³/mol. The zero-order valence-electron chi connectivity index (χ0n) is 15.6. The molecule has 2 rings (SSSR count). The summed E-state index contributed by atoms with van der Waals surface area (Å²) in [7, 11) is 0. The molecule has 1 aromatic rings. The van der Waals surface area contributed by atoms with Crippen molar-refractivity contribution >= 4 is 6.03 Å². The summed E-state index contributed by atoms with van der Waals surface area (Å²) in [5, 5.41) is 15.8. The molecule has 140 valence electrons. The summed E-state index contributed by atoms with van der Waals surface area (Å²) < 4.78 is 0. The first-order valence-electron chi connectivity index (χ1n) is 9.49. The molecule has 25 heavy (non-hydrogen) atoms. The van der Waals surface area contributed by atoms with Crippen molar-refractivity contribution in [3.05, 3.63) is 35.9 Å². The number of aliphatic hydroxyl groups is 1. The normalized spacial score (nSPS) is 19.6. The molecule has 0 aromatic heterocycles. The van der Waals surface area contributed by atoms with Crippen LogP contribution in [0.4, 0.5) is 4.79 Å². The maximum atomic E-state index is 12.0. The Bertz CT molecular complexity index is 507. The van der Waals surface area contributed by atoms with Crippen LogP contribution in [0.25, 0.3) is 0 Å². The third kappa shape index (κ3) is 7.88. The molecule has 0 saturated carbocycles. The molecule has 5 nitrogen and oxygen atoms in total. The van der Waals surface area contributed by atoms with Crippen LogP contribution in [0.3, 0.4) is 0 Å². The molecule has 2 amide bonds. The van der Waals surface area contributed by atoms with Crippen LogP contribution < -0.4 is 10.6 Å². The quantitative estimate of drug-likeness (QED) is 0.676. The summed E-state index contributed by atoms with van der Waals surface area (Å²) in [4.78, 5) is 14.5. The van der Waals surface area contributed by atoms with Crippen molar-refractivity contribution in [2.45, 2.75) is 39.2 Å². The number of carbonyl (C=O) groups is 1. The Hall–Kier alpha value is -1.59. The zero-order chi connectivity index (χ0) is 18.1. The van der Waals surface area contributed by atoms with Crippen LogP contribution in [0, 0.1) is 11.8 Å². The lowest BCUT2D eigenvalue weighted by Crippen LogP contribution is -2.45. The maximum absolute atomic E-state index is 12.0.